The molecule has 1 amide bonds. The van der Waals surface area contributed by atoms with Gasteiger partial charge < -0.3 is 0 Å². The highest BCUT2D eigenvalue weighted by Gasteiger charge is 2.29. The van der Waals surface area contributed by atoms with E-state index in [2.05, 4.69) is 20.7 Å². The molecule has 1 aromatic heterocycles. The lowest BCUT2D eigenvalue weighted by Gasteiger charge is -2.05. The van der Waals surface area contributed by atoms with Crippen LogP contribution in [0, 0.1) is 0 Å². The van der Waals surface area contributed by atoms with E-state index in [-0.39, 0.29) is 5.69 Å². The normalized spacial score (nSPS) is 11.7. The number of nitrogens with one attached hydrogen (secondary N) is 2. The maximum Gasteiger partial charge on any atom is 0.416 e. The minimum Gasteiger partial charge on any atom is -0.272 e. The van der Waals surface area contributed by atoms with Crippen LogP contribution >= 0.6 is 11.6 Å². The molecule has 2 N–H and O–H groups in total. The Bertz CT molecular complexity index is 964. The maximum atomic E-state index is 12.5. The number of carbonyl (C=O) groups excluding carboxylic acids is 1. The van der Waals surface area contributed by atoms with E-state index in [1.807, 2.05) is 0 Å². The Hall–Kier alpha value is -3.13. The van der Waals surface area contributed by atoms with E-state index in [1.165, 1.54) is 18.3 Å². The van der Waals surface area contributed by atoms with Crippen LogP contribution in [0.1, 0.15) is 21.6 Å². The maximum absolute atomic E-state index is 12.5. The monoisotopic (exact) mass is 392 g/mol. The number of rotatable bonds is 4. The number of hydrogen-bond donors (Lipinski definition) is 2. The summed E-state index contributed by atoms with van der Waals surface area (Å²) in [5.41, 5.74) is 3.46. The van der Waals surface area contributed by atoms with Crippen molar-refractivity contribution in [2.45, 2.75) is 6.18 Å². The molecular weight excluding hydrogens is 381 g/mol. The number of H-pyrrole nitrogens is 1. The van der Waals surface area contributed by atoms with Gasteiger partial charge in [0.25, 0.3) is 5.91 Å². The highest BCUT2D eigenvalue weighted by molar-refractivity contribution is 6.30. The summed E-state index contributed by atoms with van der Waals surface area (Å²) in [6, 6.07) is 12.9. The summed E-state index contributed by atoms with van der Waals surface area (Å²) in [6.45, 7) is 0. The number of hydrazone groups is 1. The lowest BCUT2D eigenvalue weighted by atomic mass is 10.1. The van der Waals surface area contributed by atoms with Crippen molar-refractivity contribution in [3.8, 4) is 11.3 Å². The van der Waals surface area contributed by atoms with Crippen molar-refractivity contribution in [3.05, 3.63) is 76.4 Å². The zero-order valence-corrected chi connectivity index (χ0v) is 14.3. The van der Waals surface area contributed by atoms with Gasteiger partial charge in [0.05, 0.1) is 17.5 Å². The molecule has 27 heavy (non-hydrogen) atoms. The number of hydrogen-bond acceptors (Lipinski definition) is 3. The minimum absolute atomic E-state index is 0.185. The number of carbonyl (C=O) groups is 1. The van der Waals surface area contributed by atoms with Gasteiger partial charge in [-0.05, 0) is 35.9 Å². The van der Waals surface area contributed by atoms with Crippen molar-refractivity contribution < 1.29 is 18.0 Å². The SMILES string of the molecule is O=C(N/N=C/c1ccc(C(F)(F)F)cc1)c1cc(-c2ccc(Cl)cc2)n[nH]1. The van der Waals surface area contributed by atoms with Crippen molar-refractivity contribution >= 4 is 23.7 Å². The summed E-state index contributed by atoms with van der Waals surface area (Å²) in [7, 11) is 0. The Kier molecular flexibility index (Phi) is 5.27. The lowest BCUT2D eigenvalue weighted by Crippen LogP contribution is -2.18. The van der Waals surface area contributed by atoms with Crippen molar-refractivity contribution in [1.82, 2.24) is 15.6 Å². The average Bonchev–Trinajstić information content (AvgIpc) is 3.12. The Labute approximate surface area is 156 Å². The fourth-order valence-electron chi connectivity index (χ4n) is 2.19. The first-order valence-corrected chi connectivity index (χ1v) is 8.03. The molecule has 2 aromatic carbocycles. The molecule has 5 nitrogen and oxygen atoms in total. The molecule has 0 aliphatic rings. The topological polar surface area (TPSA) is 70.1 Å². The molecule has 3 rings (SSSR count). The smallest absolute Gasteiger partial charge is 0.272 e. The highest BCUT2D eigenvalue weighted by atomic mass is 35.5. The van der Waals surface area contributed by atoms with Gasteiger partial charge in [0.2, 0.25) is 0 Å². The van der Waals surface area contributed by atoms with E-state index < -0.39 is 17.6 Å². The number of halogens is 4. The molecule has 0 saturated carbocycles. The van der Waals surface area contributed by atoms with E-state index in [0.717, 1.165) is 17.7 Å². The van der Waals surface area contributed by atoms with Crippen LogP contribution in [0.5, 0.6) is 0 Å². The molecule has 1 heterocycles. The van der Waals surface area contributed by atoms with Gasteiger partial charge in [0.15, 0.2) is 0 Å². The Balaban J connectivity index is 1.62. The van der Waals surface area contributed by atoms with Crippen LogP contribution in [0.2, 0.25) is 5.02 Å². The molecule has 138 valence electrons. The van der Waals surface area contributed by atoms with Gasteiger partial charge in [0, 0.05) is 10.6 Å². The largest absolute Gasteiger partial charge is 0.416 e. The number of aromatic amines is 1. The summed E-state index contributed by atoms with van der Waals surface area (Å²) >= 11 is 5.83. The number of nitrogens with zero attached hydrogens (tertiary/aromatic N) is 2. The van der Waals surface area contributed by atoms with E-state index in [1.54, 1.807) is 30.3 Å². The molecule has 0 spiro atoms. The number of amides is 1. The summed E-state index contributed by atoms with van der Waals surface area (Å²) in [5, 5.41) is 11.0. The molecule has 0 saturated heterocycles. The average molecular weight is 393 g/mol. The zero-order valence-electron chi connectivity index (χ0n) is 13.6. The Morgan fingerprint density at radius 2 is 1.78 bits per heavy atom. The Morgan fingerprint density at radius 1 is 1.11 bits per heavy atom. The summed E-state index contributed by atoms with van der Waals surface area (Å²) in [6.07, 6.45) is -3.15. The first kappa shape index (κ1) is 18.7. The second-order valence-electron chi connectivity index (χ2n) is 5.49. The van der Waals surface area contributed by atoms with Gasteiger partial charge >= 0.3 is 6.18 Å². The van der Waals surface area contributed by atoms with Gasteiger partial charge in [-0.15, -0.1) is 0 Å². The van der Waals surface area contributed by atoms with Gasteiger partial charge in [-0.1, -0.05) is 35.9 Å². The molecule has 0 aliphatic carbocycles. The molecule has 0 atom stereocenters. The number of benzene rings is 2. The van der Waals surface area contributed by atoms with Crippen LogP contribution in [0.4, 0.5) is 13.2 Å². The van der Waals surface area contributed by atoms with Crippen LogP contribution in [0.3, 0.4) is 0 Å². The van der Waals surface area contributed by atoms with E-state index in [4.69, 9.17) is 11.6 Å². The van der Waals surface area contributed by atoms with Crippen LogP contribution in [-0.2, 0) is 6.18 Å². The summed E-state index contributed by atoms with van der Waals surface area (Å²) < 4.78 is 37.5. The van der Waals surface area contributed by atoms with Crippen LogP contribution in [0.15, 0.2) is 59.7 Å². The molecule has 0 bridgehead atoms. The fraction of sp³-hybridized carbons (Fsp3) is 0.0556. The van der Waals surface area contributed by atoms with Gasteiger partial charge in [-0.25, -0.2) is 5.43 Å². The Morgan fingerprint density at radius 3 is 2.41 bits per heavy atom. The van der Waals surface area contributed by atoms with E-state index >= 15 is 0 Å². The first-order chi connectivity index (χ1) is 12.8. The minimum atomic E-state index is -4.40. The third kappa shape index (κ3) is 4.73. The molecular formula is C18H12ClF3N4O. The van der Waals surface area contributed by atoms with Gasteiger partial charge in [-0.2, -0.15) is 23.4 Å². The zero-order chi connectivity index (χ0) is 19.4. The third-order valence-corrected chi connectivity index (χ3v) is 3.83. The molecule has 3 aromatic rings. The number of aromatic nitrogens is 2. The standard InChI is InChI=1S/C18H12ClF3N4O/c19-14-7-3-12(4-8-14)15-9-16(25-24-15)17(27)26-23-10-11-1-5-13(6-2-11)18(20,21)22/h1-10H,(H,24,25)(H,26,27)/b23-10+. The van der Waals surface area contributed by atoms with Crippen molar-refractivity contribution in [2.75, 3.05) is 0 Å². The molecule has 0 radical (unpaired) electrons. The van der Waals surface area contributed by atoms with Gasteiger partial charge in [0.1, 0.15) is 5.69 Å². The number of alkyl halides is 3. The predicted octanol–water partition coefficient (Wildman–Crippen LogP) is 4.51. The van der Waals surface area contributed by atoms with E-state index in [9.17, 15) is 18.0 Å². The highest BCUT2D eigenvalue weighted by Crippen LogP contribution is 2.28. The van der Waals surface area contributed by atoms with Crippen LogP contribution in [0.25, 0.3) is 11.3 Å². The fourth-order valence-corrected chi connectivity index (χ4v) is 2.32. The van der Waals surface area contributed by atoms with Gasteiger partial charge in [-0.3, -0.25) is 9.89 Å². The summed E-state index contributed by atoms with van der Waals surface area (Å²) in [5.74, 6) is -0.536. The molecule has 0 aliphatic heterocycles. The quantitative estimate of drug-likeness (QED) is 0.506. The second-order valence-corrected chi connectivity index (χ2v) is 5.93. The van der Waals surface area contributed by atoms with Crippen LogP contribution in [-0.4, -0.2) is 22.3 Å². The van der Waals surface area contributed by atoms with Crippen molar-refractivity contribution in [3.63, 3.8) is 0 Å². The van der Waals surface area contributed by atoms with Crippen molar-refractivity contribution in [1.29, 1.82) is 0 Å². The van der Waals surface area contributed by atoms with Crippen LogP contribution < -0.4 is 5.43 Å². The second kappa shape index (κ2) is 7.63. The first-order valence-electron chi connectivity index (χ1n) is 7.65. The predicted molar refractivity (Wildman–Crippen MR) is 95.5 cm³/mol. The molecule has 9 heteroatoms. The third-order valence-electron chi connectivity index (χ3n) is 3.58. The molecule has 0 unspecified atom stereocenters. The van der Waals surface area contributed by atoms with Crippen molar-refractivity contribution in [2.24, 2.45) is 5.10 Å². The lowest BCUT2D eigenvalue weighted by molar-refractivity contribution is -0.137. The summed E-state index contributed by atoms with van der Waals surface area (Å²) in [4.78, 5) is 12.1. The molecule has 0 fully saturated rings. The van der Waals surface area contributed by atoms with E-state index in [0.29, 0.717) is 16.3 Å².